The molecule has 1 aliphatic rings. The van der Waals surface area contributed by atoms with Gasteiger partial charge in [-0.2, -0.15) is 0 Å². The molecule has 0 heterocycles. The third kappa shape index (κ3) is 10.6. The molecule has 1 amide bonds. The number of nitrogens with one attached hydrogen (secondary N) is 1. The number of aryl methyl sites for hydroxylation is 1. The van der Waals surface area contributed by atoms with Crippen LogP contribution in [0.5, 0.6) is 5.75 Å². The van der Waals surface area contributed by atoms with Crippen molar-refractivity contribution in [2.45, 2.75) is 96.4 Å². The van der Waals surface area contributed by atoms with Crippen molar-refractivity contribution < 1.29 is 25.2 Å². The van der Waals surface area contributed by atoms with E-state index in [1.54, 1.807) is 12.1 Å². The molecule has 1 unspecified atom stereocenters. The average Bonchev–Trinajstić information content (AvgIpc) is 3.09. The van der Waals surface area contributed by atoms with E-state index in [2.05, 4.69) is 12.2 Å². The van der Waals surface area contributed by atoms with Gasteiger partial charge in [0.15, 0.2) is 0 Å². The number of unbranched alkanes of at least 4 members (excludes halogenated alkanes) is 3. The Hall–Kier alpha value is -2.15. The normalized spacial score (nSPS) is 23.3. The monoisotopic (exact) mass is 487 g/mol. The van der Waals surface area contributed by atoms with Crippen molar-refractivity contribution in [1.82, 2.24) is 5.32 Å². The standard InChI is InChI=1S/C29H45NO5/c1-3-4-7-10-23(31)15-16-25-24(27(33)20-28(25)34)11-8-5-6-9-12-29(35)30-18-17-22-14-13-21(2)26(32)19-22/h5,8,13-16,19,23-25,27-28,31-34H,3-4,6-7,9-12,17-18,20H2,1-2H3,(H,30,35)/b8-5-,16-15+/t23?,24-,25-,27+,28-/m1/s1. The van der Waals surface area contributed by atoms with Crippen LogP contribution < -0.4 is 5.32 Å². The molecule has 1 aliphatic carbocycles. The van der Waals surface area contributed by atoms with E-state index < -0.39 is 18.3 Å². The fraction of sp³-hybridized carbons (Fsp3) is 0.621. The van der Waals surface area contributed by atoms with E-state index in [-0.39, 0.29) is 23.5 Å². The highest BCUT2D eigenvalue weighted by molar-refractivity contribution is 5.75. The Kier molecular flexibility index (Phi) is 13.1. The van der Waals surface area contributed by atoms with Gasteiger partial charge in [-0.25, -0.2) is 0 Å². The number of carbonyl (C=O) groups is 1. The number of allylic oxidation sites excluding steroid dienone is 2. The highest BCUT2D eigenvalue weighted by Gasteiger charge is 2.39. The SMILES string of the molecule is CCCCCC(O)/C=C/[C@@H]1[C@@H](C/C=C\CCCC(=O)NCCc2ccc(C)c(O)c2)[C@@H](O)C[C@H]1O. The number of rotatable bonds is 15. The van der Waals surface area contributed by atoms with Gasteiger partial charge in [-0.1, -0.05) is 62.6 Å². The highest BCUT2D eigenvalue weighted by Crippen LogP contribution is 2.36. The Morgan fingerprint density at radius 1 is 1.17 bits per heavy atom. The van der Waals surface area contributed by atoms with Gasteiger partial charge in [-0.3, -0.25) is 4.79 Å². The minimum Gasteiger partial charge on any atom is -0.508 e. The maximum absolute atomic E-state index is 12.1. The summed E-state index contributed by atoms with van der Waals surface area (Å²) < 4.78 is 0. The molecule has 0 aromatic heterocycles. The molecule has 5 atom stereocenters. The molecule has 2 rings (SSSR count). The van der Waals surface area contributed by atoms with Crippen LogP contribution in [0.2, 0.25) is 0 Å². The van der Waals surface area contributed by atoms with E-state index in [1.807, 2.05) is 37.3 Å². The second-order valence-corrected chi connectivity index (χ2v) is 9.88. The lowest BCUT2D eigenvalue weighted by Gasteiger charge is -2.19. The Morgan fingerprint density at radius 2 is 1.97 bits per heavy atom. The first-order valence-corrected chi connectivity index (χ1v) is 13.2. The summed E-state index contributed by atoms with van der Waals surface area (Å²) in [6.07, 6.45) is 13.7. The second kappa shape index (κ2) is 15.8. The molecule has 0 bridgehead atoms. The summed E-state index contributed by atoms with van der Waals surface area (Å²) in [5.41, 5.74) is 1.84. The van der Waals surface area contributed by atoms with E-state index in [1.165, 1.54) is 0 Å². The van der Waals surface area contributed by atoms with E-state index in [4.69, 9.17) is 0 Å². The third-order valence-electron chi connectivity index (χ3n) is 6.93. The van der Waals surface area contributed by atoms with Crippen molar-refractivity contribution in [1.29, 1.82) is 0 Å². The second-order valence-electron chi connectivity index (χ2n) is 9.88. The quantitative estimate of drug-likeness (QED) is 0.187. The summed E-state index contributed by atoms with van der Waals surface area (Å²) in [6.45, 7) is 4.53. The molecule has 0 spiro atoms. The number of aromatic hydroxyl groups is 1. The third-order valence-corrected chi connectivity index (χ3v) is 6.93. The van der Waals surface area contributed by atoms with E-state index >= 15 is 0 Å². The van der Waals surface area contributed by atoms with Gasteiger partial charge in [-0.05, 0) is 62.1 Å². The molecule has 0 radical (unpaired) electrons. The van der Waals surface area contributed by atoms with Gasteiger partial charge in [0.1, 0.15) is 5.75 Å². The van der Waals surface area contributed by atoms with Crippen LogP contribution in [0.1, 0.15) is 75.8 Å². The number of phenolic OH excluding ortho intramolecular Hbond substituents is 1. The van der Waals surface area contributed by atoms with Gasteiger partial charge in [-0.15, -0.1) is 0 Å². The van der Waals surface area contributed by atoms with Crippen LogP contribution in [0.3, 0.4) is 0 Å². The number of hydrogen-bond acceptors (Lipinski definition) is 5. The highest BCUT2D eigenvalue weighted by atomic mass is 16.3. The lowest BCUT2D eigenvalue weighted by Crippen LogP contribution is -2.25. The lowest BCUT2D eigenvalue weighted by atomic mass is 9.89. The number of aliphatic hydroxyl groups is 3. The molecule has 0 aliphatic heterocycles. The molecule has 1 saturated carbocycles. The zero-order valence-corrected chi connectivity index (χ0v) is 21.4. The Morgan fingerprint density at radius 3 is 2.71 bits per heavy atom. The zero-order valence-electron chi connectivity index (χ0n) is 21.4. The Balaban J connectivity index is 1.65. The van der Waals surface area contributed by atoms with Crippen molar-refractivity contribution in [2.75, 3.05) is 6.54 Å². The van der Waals surface area contributed by atoms with Crippen molar-refractivity contribution in [3.05, 3.63) is 53.6 Å². The van der Waals surface area contributed by atoms with Crippen LogP contribution >= 0.6 is 0 Å². The average molecular weight is 488 g/mol. The van der Waals surface area contributed by atoms with Gasteiger partial charge >= 0.3 is 0 Å². The van der Waals surface area contributed by atoms with Gasteiger partial charge in [0.2, 0.25) is 5.91 Å². The maximum Gasteiger partial charge on any atom is 0.220 e. The molecule has 0 saturated heterocycles. The van der Waals surface area contributed by atoms with Gasteiger partial charge in [0.25, 0.3) is 0 Å². The van der Waals surface area contributed by atoms with Gasteiger partial charge in [0, 0.05) is 25.3 Å². The molecule has 1 fully saturated rings. The van der Waals surface area contributed by atoms with Gasteiger partial charge < -0.3 is 25.7 Å². The largest absolute Gasteiger partial charge is 0.508 e. The summed E-state index contributed by atoms with van der Waals surface area (Å²) >= 11 is 0. The zero-order chi connectivity index (χ0) is 25.6. The minimum absolute atomic E-state index is 0.0202. The Bertz CT molecular complexity index is 821. The van der Waals surface area contributed by atoms with E-state index in [9.17, 15) is 25.2 Å². The first-order chi connectivity index (χ1) is 16.8. The molecule has 1 aromatic carbocycles. The maximum atomic E-state index is 12.1. The number of hydrogen-bond donors (Lipinski definition) is 5. The number of phenols is 1. The van der Waals surface area contributed by atoms with Crippen molar-refractivity contribution in [3.8, 4) is 5.75 Å². The molecule has 1 aromatic rings. The fourth-order valence-electron chi connectivity index (χ4n) is 4.66. The number of benzene rings is 1. The van der Waals surface area contributed by atoms with Crippen molar-refractivity contribution in [3.63, 3.8) is 0 Å². The molecule has 6 nitrogen and oxygen atoms in total. The van der Waals surface area contributed by atoms with Gasteiger partial charge in [0.05, 0.1) is 18.3 Å². The molecule has 196 valence electrons. The molecule has 5 N–H and O–H groups in total. The number of aliphatic hydroxyl groups excluding tert-OH is 3. The van der Waals surface area contributed by atoms with Crippen LogP contribution in [0.4, 0.5) is 0 Å². The summed E-state index contributed by atoms with van der Waals surface area (Å²) in [6, 6.07) is 5.58. The number of amides is 1. The topological polar surface area (TPSA) is 110 Å². The van der Waals surface area contributed by atoms with Crippen LogP contribution in [0.25, 0.3) is 0 Å². The minimum atomic E-state index is -0.588. The van der Waals surface area contributed by atoms with Crippen LogP contribution in [-0.4, -0.2) is 51.2 Å². The molecule has 6 heteroatoms. The fourth-order valence-corrected chi connectivity index (χ4v) is 4.66. The van der Waals surface area contributed by atoms with E-state index in [0.29, 0.717) is 32.2 Å². The lowest BCUT2D eigenvalue weighted by molar-refractivity contribution is -0.121. The molecular weight excluding hydrogens is 442 g/mol. The van der Waals surface area contributed by atoms with Crippen molar-refractivity contribution >= 4 is 5.91 Å². The van der Waals surface area contributed by atoms with Crippen LogP contribution in [-0.2, 0) is 11.2 Å². The summed E-state index contributed by atoms with van der Waals surface area (Å²) in [4.78, 5) is 12.1. The predicted molar refractivity (Wildman–Crippen MR) is 140 cm³/mol. The van der Waals surface area contributed by atoms with E-state index in [0.717, 1.165) is 49.7 Å². The summed E-state index contributed by atoms with van der Waals surface area (Å²) in [5.74, 6) is 0.0795. The first-order valence-electron chi connectivity index (χ1n) is 13.2. The molecular formula is C29H45NO5. The Labute approximate surface area is 210 Å². The predicted octanol–water partition coefficient (Wildman–Crippen LogP) is 4.33. The smallest absolute Gasteiger partial charge is 0.220 e. The van der Waals surface area contributed by atoms with Crippen molar-refractivity contribution in [2.24, 2.45) is 11.8 Å². The number of carbonyl (C=O) groups excluding carboxylic acids is 1. The summed E-state index contributed by atoms with van der Waals surface area (Å²) in [7, 11) is 0. The summed E-state index contributed by atoms with van der Waals surface area (Å²) in [5, 5.41) is 43.6. The van der Waals surface area contributed by atoms with Crippen LogP contribution in [0, 0.1) is 18.8 Å². The molecule has 35 heavy (non-hydrogen) atoms. The first kappa shape index (κ1) is 29.1. The van der Waals surface area contributed by atoms with Crippen LogP contribution in [0.15, 0.2) is 42.5 Å².